The minimum atomic E-state index is -0.562. The van der Waals surface area contributed by atoms with Crippen LogP contribution in [0.15, 0.2) is 36.4 Å². The minimum absolute atomic E-state index is 0.0738. The SMILES string of the molecule is CCc1cccc(C)c1NC(=O)c1cc(F)ccc1O. The summed E-state index contributed by atoms with van der Waals surface area (Å²) >= 11 is 0. The number of aryl methyl sites for hydroxylation is 2. The smallest absolute Gasteiger partial charge is 0.259 e. The summed E-state index contributed by atoms with van der Waals surface area (Å²) in [6.45, 7) is 3.88. The van der Waals surface area contributed by atoms with Gasteiger partial charge in [0.1, 0.15) is 11.6 Å². The highest BCUT2D eigenvalue weighted by Gasteiger charge is 2.14. The Morgan fingerprint density at radius 2 is 2.05 bits per heavy atom. The number of carbonyl (C=O) groups excluding carboxylic acids is 1. The second kappa shape index (κ2) is 5.74. The van der Waals surface area contributed by atoms with E-state index in [1.807, 2.05) is 32.0 Å². The monoisotopic (exact) mass is 273 g/mol. The van der Waals surface area contributed by atoms with E-state index in [0.29, 0.717) is 5.69 Å². The molecule has 2 rings (SSSR count). The molecule has 0 spiro atoms. The van der Waals surface area contributed by atoms with Crippen LogP contribution in [0.1, 0.15) is 28.4 Å². The van der Waals surface area contributed by atoms with Crippen molar-refractivity contribution in [1.82, 2.24) is 0 Å². The maximum Gasteiger partial charge on any atom is 0.259 e. The van der Waals surface area contributed by atoms with Crippen LogP contribution in [0, 0.1) is 12.7 Å². The molecular weight excluding hydrogens is 257 g/mol. The number of anilines is 1. The quantitative estimate of drug-likeness (QED) is 0.896. The van der Waals surface area contributed by atoms with Gasteiger partial charge in [-0.15, -0.1) is 0 Å². The third kappa shape index (κ3) is 2.79. The zero-order chi connectivity index (χ0) is 14.7. The van der Waals surface area contributed by atoms with Crippen LogP contribution in [0.3, 0.4) is 0 Å². The molecular formula is C16H16FNO2. The molecule has 2 N–H and O–H groups in total. The predicted molar refractivity (Wildman–Crippen MR) is 76.6 cm³/mol. The van der Waals surface area contributed by atoms with E-state index < -0.39 is 11.7 Å². The predicted octanol–water partition coefficient (Wildman–Crippen LogP) is 3.65. The van der Waals surface area contributed by atoms with E-state index in [1.165, 1.54) is 6.07 Å². The molecule has 0 fully saturated rings. The van der Waals surface area contributed by atoms with Crippen molar-refractivity contribution in [1.29, 1.82) is 0 Å². The van der Waals surface area contributed by atoms with Crippen LogP contribution >= 0.6 is 0 Å². The lowest BCUT2D eigenvalue weighted by molar-refractivity contribution is 0.102. The molecule has 0 bridgehead atoms. The largest absolute Gasteiger partial charge is 0.507 e. The molecule has 0 saturated carbocycles. The number of hydrogen-bond acceptors (Lipinski definition) is 2. The summed E-state index contributed by atoms with van der Waals surface area (Å²) in [6.07, 6.45) is 0.770. The van der Waals surface area contributed by atoms with Gasteiger partial charge in [-0.3, -0.25) is 4.79 Å². The molecule has 0 aromatic heterocycles. The Kier molecular flexibility index (Phi) is 4.03. The Hall–Kier alpha value is -2.36. The molecule has 0 heterocycles. The van der Waals surface area contributed by atoms with Gasteiger partial charge in [0.15, 0.2) is 0 Å². The third-order valence-electron chi connectivity index (χ3n) is 3.18. The zero-order valence-electron chi connectivity index (χ0n) is 11.4. The summed E-state index contributed by atoms with van der Waals surface area (Å²) in [6, 6.07) is 9.03. The minimum Gasteiger partial charge on any atom is -0.507 e. The first-order valence-electron chi connectivity index (χ1n) is 6.41. The molecule has 1 amide bonds. The van der Waals surface area contributed by atoms with Crippen LogP contribution < -0.4 is 5.32 Å². The van der Waals surface area contributed by atoms with E-state index in [1.54, 1.807) is 0 Å². The van der Waals surface area contributed by atoms with Gasteiger partial charge in [0.2, 0.25) is 0 Å². The van der Waals surface area contributed by atoms with Crippen LogP contribution in [0.5, 0.6) is 5.75 Å². The number of benzene rings is 2. The zero-order valence-corrected chi connectivity index (χ0v) is 11.4. The van der Waals surface area contributed by atoms with Crippen molar-refractivity contribution in [3.8, 4) is 5.75 Å². The Balaban J connectivity index is 2.35. The van der Waals surface area contributed by atoms with Crippen molar-refractivity contribution >= 4 is 11.6 Å². The van der Waals surface area contributed by atoms with E-state index in [-0.39, 0.29) is 11.3 Å². The van der Waals surface area contributed by atoms with Crippen LogP contribution in [0.2, 0.25) is 0 Å². The highest BCUT2D eigenvalue weighted by molar-refractivity contribution is 6.06. The third-order valence-corrected chi connectivity index (χ3v) is 3.18. The van der Waals surface area contributed by atoms with Crippen LogP contribution in [0.25, 0.3) is 0 Å². The molecule has 0 unspecified atom stereocenters. The molecule has 2 aromatic carbocycles. The van der Waals surface area contributed by atoms with Crippen molar-refractivity contribution in [3.63, 3.8) is 0 Å². The molecule has 20 heavy (non-hydrogen) atoms. The molecule has 104 valence electrons. The molecule has 3 nitrogen and oxygen atoms in total. The molecule has 0 aliphatic heterocycles. The van der Waals surface area contributed by atoms with Gasteiger partial charge in [0.25, 0.3) is 5.91 Å². The van der Waals surface area contributed by atoms with Gasteiger partial charge < -0.3 is 10.4 Å². The van der Waals surface area contributed by atoms with Gasteiger partial charge in [-0.2, -0.15) is 0 Å². The number of aromatic hydroxyl groups is 1. The van der Waals surface area contributed by atoms with Gasteiger partial charge in [-0.25, -0.2) is 4.39 Å². The summed E-state index contributed by atoms with van der Waals surface area (Å²) in [5.41, 5.74) is 2.56. The van der Waals surface area contributed by atoms with Crippen LogP contribution in [0.4, 0.5) is 10.1 Å². The first kappa shape index (κ1) is 14.1. The van der Waals surface area contributed by atoms with E-state index in [0.717, 1.165) is 29.7 Å². The topological polar surface area (TPSA) is 49.3 Å². The highest BCUT2D eigenvalue weighted by atomic mass is 19.1. The van der Waals surface area contributed by atoms with Crippen LogP contribution in [-0.4, -0.2) is 11.0 Å². The van der Waals surface area contributed by atoms with Crippen molar-refractivity contribution < 1.29 is 14.3 Å². The lowest BCUT2D eigenvalue weighted by Gasteiger charge is -2.13. The molecule has 0 atom stereocenters. The Labute approximate surface area is 117 Å². The first-order valence-corrected chi connectivity index (χ1v) is 6.41. The lowest BCUT2D eigenvalue weighted by atomic mass is 10.1. The number of nitrogens with one attached hydrogen (secondary N) is 1. The van der Waals surface area contributed by atoms with E-state index >= 15 is 0 Å². The number of hydrogen-bond donors (Lipinski definition) is 2. The van der Waals surface area contributed by atoms with E-state index in [9.17, 15) is 14.3 Å². The summed E-state index contributed by atoms with van der Waals surface area (Å²) in [5, 5.41) is 12.4. The van der Waals surface area contributed by atoms with Gasteiger partial charge >= 0.3 is 0 Å². The average Bonchev–Trinajstić information content (AvgIpc) is 2.43. The van der Waals surface area contributed by atoms with Crippen molar-refractivity contribution in [2.45, 2.75) is 20.3 Å². The fraction of sp³-hybridized carbons (Fsp3) is 0.188. The van der Waals surface area contributed by atoms with Gasteiger partial charge in [0, 0.05) is 5.69 Å². The second-order valence-electron chi connectivity index (χ2n) is 4.58. The number of phenolic OH excluding ortho intramolecular Hbond substituents is 1. The molecule has 2 aromatic rings. The Morgan fingerprint density at radius 3 is 2.75 bits per heavy atom. The fourth-order valence-electron chi connectivity index (χ4n) is 2.07. The number of phenols is 1. The molecule has 0 aliphatic rings. The maximum absolute atomic E-state index is 13.2. The lowest BCUT2D eigenvalue weighted by Crippen LogP contribution is -2.14. The second-order valence-corrected chi connectivity index (χ2v) is 4.58. The van der Waals surface area contributed by atoms with Crippen LogP contribution in [-0.2, 0) is 6.42 Å². The molecule has 0 aliphatic carbocycles. The molecule has 0 radical (unpaired) electrons. The highest BCUT2D eigenvalue weighted by Crippen LogP contribution is 2.24. The first-order chi connectivity index (χ1) is 9.52. The van der Waals surface area contributed by atoms with E-state index in [2.05, 4.69) is 5.32 Å². The van der Waals surface area contributed by atoms with Crippen molar-refractivity contribution in [2.75, 3.05) is 5.32 Å². The summed E-state index contributed by atoms with van der Waals surface area (Å²) in [5.74, 6) is -1.32. The number of amides is 1. The number of rotatable bonds is 3. The standard InChI is InChI=1S/C16H16FNO2/c1-3-11-6-4-5-10(2)15(11)18-16(20)13-9-12(17)7-8-14(13)19/h4-9,19H,3H2,1-2H3,(H,18,20). The maximum atomic E-state index is 13.2. The number of carbonyl (C=O) groups is 1. The summed E-state index contributed by atoms with van der Waals surface area (Å²) in [7, 11) is 0. The van der Waals surface area contributed by atoms with Gasteiger partial charge in [-0.05, 0) is 42.7 Å². The van der Waals surface area contributed by atoms with Crippen molar-refractivity contribution in [3.05, 3.63) is 58.9 Å². The molecule has 0 saturated heterocycles. The Morgan fingerprint density at radius 1 is 1.30 bits per heavy atom. The summed E-state index contributed by atoms with van der Waals surface area (Å²) in [4.78, 5) is 12.2. The van der Waals surface area contributed by atoms with Crippen molar-refractivity contribution in [2.24, 2.45) is 0 Å². The average molecular weight is 273 g/mol. The number of halogens is 1. The van der Waals surface area contributed by atoms with Gasteiger partial charge in [0.05, 0.1) is 5.56 Å². The number of para-hydroxylation sites is 1. The molecule has 4 heteroatoms. The Bertz CT molecular complexity index is 653. The fourth-order valence-corrected chi connectivity index (χ4v) is 2.07. The normalized spacial score (nSPS) is 10.3. The van der Waals surface area contributed by atoms with Gasteiger partial charge in [-0.1, -0.05) is 25.1 Å². The summed E-state index contributed by atoms with van der Waals surface area (Å²) < 4.78 is 13.2. The van der Waals surface area contributed by atoms with E-state index in [4.69, 9.17) is 0 Å².